The summed E-state index contributed by atoms with van der Waals surface area (Å²) < 4.78 is 23.1. The minimum atomic E-state index is -3.41. The molecule has 0 bridgehead atoms. The van der Waals surface area contributed by atoms with Crippen LogP contribution in [0.5, 0.6) is 0 Å². The van der Waals surface area contributed by atoms with Gasteiger partial charge in [0.2, 0.25) is 0 Å². The van der Waals surface area contributed by atoms with Gasteiger partial charge in [-0.05, 0) is 14.1 Å². The molecule has 1 N–H and O–H groups in total. The van der Waals surface area contributed by atoms with E-state index in [-0.39, 0.29) is 6.61 Å². The van der Waals surface area contributed by atoms with Crippen molar-refractivity contribution in [1.29, 1.82) is 0 Å². The Bertz CT molecular complexity index is 175. The van der Waals surface area contributed by atoms with Gasteiger partial charge in [-0.1, -0.05) is 0 Å². The molecule has 0 amide bonds. The van der Waals surface area contributed by atoms with Crippen molar-refractivity contribution in [3.63, 3.8) is 0 Å². The first-order chi connectivity index (χ1) is 4.42. The van der Waals surface area contributed by atoms with E-state index in [9.17, 15) is 4.21 Å². The van der Waals surface area contributed by atoms with Crippen LogP contribution in [0.3, 0.4) is 0 Å². The van der Waals surface area contributed by atoms with Crippen molar-refractivity contribution in [2.75, 3.05) is 27.2 Å². The van der Waals surface area contributed by atoms with Gasteiger partial charge >= 0.3 is 0 Å². The van der Waals surface area contributed by atoms with Gasteiger partial charge < -0.3 is 4.90 Å². The number of likely N-dealkylation sites (N-methyl/N-ethyl adjacent to an activating group) is 1. The summed E-state index contributed by atoms with van der Waals surface area (Å²) in [6.07, 6.45) is 0. The average Bonchev–Trinajstić information content (AvgIpc) is 1.59. The summed E-state index contributed by atoms with van der Waals surface area (Å²) >= 11 is 4.08. The van der Waals surface area contributed by atoms with Crippen LogP contribution in [-0.2, 0) is 24.4 Å². The quantitative estimate of drug-likeness (QED) is 0.651. The molecule has 0 saturated heterocycles. The normalized spacial score (nSPS) is 17.2. The van der Waals surface area contributed by atoms with Crippen LogP contribution in [0.1, 0.15) is 0 Å². The molecule has 10 heavy (non-hydrogen) atoms. The predicted molar refractivity (Wildman–Crippen MR) is 42.6 cm³/mol. The zero-order valence-electron chi connectivity index (χ0n) is 5.94. The molecule has 0 aliphatic carbocycles. The van der Waals surface area contributed by atoms with Gasteiger partial charge in [-0.15, -0.1) is 0 Å². The molecule has 62 valence electrons. The Balaban J connectivity index is 3.39. The third kappa shape index (κ3) is 8.25. The Morgan fingerprint density at radius 2 is 2.20 bits per heavy atom. The summed E-state index contributed by atoms with van der Waals surface area (Å²) in [5.41, 5.74) is 0. The maximum Gasteiger partial charge on any atom is 0.266 e. The van der Waals surface area contributed by atoms with Gasteiger partial charge in [0.25, 0.3) is 9.05 Å². The van der Waals surface area contributed by atoms with E-state index in [1.807, 2.05) is 19.0 Å². The summed E-state index contributed by atoms with van der Waals surface area (Å²) in [4.78, 5) is 1.83. The van der Waals surface area contributed by atoms with Crippen LogP contribution in [0.25, 0.3) is 0 Å². The molecule has 0 aromatic rings. The Morgan fingerprint density at radius 3 is 2.50 bits per heavy atom. The molecule has 0 aliphatic rings. The van der Waals surface area contributed by atoms with E-state index in [0.29, 0.717) is 6.54 Å². The molecule has 0 rings (SSSR count). The third-order valence-corrected chi connectivity index (χ3v) is 1.52. The first kappa shape index (κ1) is 10.2. The highest BCUT2D eigenvalue weighted by atomic mass is 32.9. The standard InChI is InChI=1S/C4H11NO3S2/c1-5(2)3-4-8-10(6,7)9/h3-4H2,1-2H3,(H,6,7,9). The average molecular weight is 185 g/mol. The van der Waals surface area contributed by atoms with Crippen molar-refractivity contribution in [3.05, 3.63) is 0 Å². The lowest BCUT2D eigenvalue weighted by atomic mass is 10.6. The molecular weight excluding hydrogens is 174 g/mol. The smallest absolute Gasteiger partial charge is 0.266 e. The number of hydrogen-bond acceptors (Lipinski definition) is 4. The van der Waals surface area contributed by atoms with Crippen molar-refractivity contribution in [1.82, 2.24) is 4.90 Å². The molecule has 6 heteroatoms. The molecule has 1 unspecified atom stereocenters. The van der Waals surface area contributed by atoms with Gasteiger partial charge in [0, 0.05) is 17.7 Å². The summed E-state index contributed by atoms with van der Waals surface area (Å²) in [5.74, 6) is 0. The number of nitrogens with zero attached hydrogens (tertiary/aromatic N) is 1. The SMILES string of the molecule is CN(C)CCOS(=O)(O)=S. The highest BCUT2D eigenvalue weighted by molar-refractivity contribution is 8.27. The van der Waals surface area contributed by atoms with E-state index < -0.39 is 9.05 Å². The van der Waals surface area contributed by atoms with Gasteiger partial charge in [-0.3, -0.25) is 8.74 Å². The van der Waals surface area contributed by atoms with Gasteiger partial charge in [0.15, 0.2) is 0 Å². The molecule has 0 aromatic carbocycles. The van der Waals surface area contributed by atoms with Crippen molar-refractivity contribution in [3.8, 4) is 0 Å². The van der Waals surface area contributed by atoms with Crippen molar-refractivity contribution in [2.24, 2.45) is 0 Å². The van der Waals surface area contributed by atoms with Crippen LogP contribution in [0.2, 0.25) is 0 Å². The fourth-order valence-corrected chi connectivity index (χ4v) is 0.814. The van der Waals surface area contributed by atoms with E-state index in [1.165, 1.54) is 0 Å². The van der Waals surface area contributed by atoms with Crippen LogP contribution in [0, 0.1) is 0 Å². The van der Waals surface area contributed by atoms with E-state index in [4.69, 9.17) is 4.55 Å². The summed E-state index contributed by atoms with van der Waals surface area (Å²) in [7, 11) is 0.265. The molecule has 0 aliphatic heterocycles. The Kier molecular flexibility index (Phi) is 4.30. The van der Waals surface area contributed by atoms with Gasteiger partial charge in [-0.25, -0.2) is 0 Å². The predicted octanol–water partition coefficient (Wildman–Crippen LogP) is -0.301. The molecule has 0 saturated carbocycles. The summed E-state index contributed by atoms with van der Waals surface area (Å²) in [6.45, 7) is 0.778. The second kappa shape index (κ2) is 4.20. The van der Waals surface area contributed by atoms with Crippen LogP contribution in [0.4, 0.5) is 0 Å². The Labute approximate surface area is 65.9 Å². The van der Waals surface area contributed by atoms with E-state index in [0.717, 1.165) is 0 Å². The van der Waals surface area contributed by atoms with Crippen LogP contribution < -0.4 is 0 Å². The highest BCUT2D eigenvalue weighted by Crippen LogP contribution is 1.86. The van der Waals surface area contributed by atoms with Crippen molar-refractivity contribution < 1.29 is 12.9 Å². The fraction of sp³-hybridized carbons (Fsp3) is 1.00. The third-order valence-electron chi connectivity index (χ3n) is 0.771. The maximum absolute atomic E-state index is 10.3. The second-order valence-corrected chi connectivity index (χ2v) is 4.41. The van der Waals surface area contributed by atoms with E-state index in [1.54, 1.807) is 0 Å². The largest absolute Gasteiger partial charge is 0.307 e. The van der Waals surface area contributed by atoms with E-state index in [2.05, 4.69) is 15.4 Å². The minimum Gasteiger partial charge on any atom is -0.307 e. The summed E-state index contributed by atoms with van der Waals surface area (Å²) in [5, 5.41) is 0. The number of rotatable bonds is 4. The Morgan fingerprint density at radius 1 is 1.70 bits per heavy atom. The first-order valence-electron chi connectivity index (χ1n) is 2.68. The zero-order valence-corrected chi connectivity index (χ0v) is 7.57. The van der Waals surface area contributed by atoms with Gasteiger partial charge in [-0.2, -0.15) is 4.21 Å². The van der Waals surface area contributed by atoms with Crippen LogP contribution in [0.15, 0.2) is 0 Å². The molecular formula is C4H11NO3S2. The van der Waals surface area contributed by atoms with Gasteiger partial charge in [0.1, 0.15) is 0 Å². The van der Waals surface area contributed by atoms with Crippen molar-refractivity contribution >= 4 is 20.2 Å². The maximum atomic E-state index is 10.3. The Hall–Kier alpha value is 0.250. The van der Waals surface area contributed by atoms with Crippen LogP contribution in [-0.4, -0.2) is 40.9 Å². The van der Waals surface area contributed by atoms with Crippen molar-refractivity contribution in [2.45, 2.75) is 0 Å². The fourth-order valence-electron chi connectivity index (χ4n) is 0.325. The van der Waals surface area contributed by atoms with Crippen LogP contribution >= 0.6 is 0 Å². The molecule has 0 radical (unpaired) electrons. The summed E-state index contributed by atoms with van der Waals surface area (Å²) in [6, 6.07) is 0. The lowest BCUT2D eigenvalue weighted by Gasteiger charge is -2.07. The lowest BCUT2D eigenvalue weighted by molar-refractivity contribution is 0.258. The molecule has 0 heterocycles. The lowest BCUT2D eigenvalue weighted by Crippen LogP contribution is -2.19. The minimum absolute atomic E-state index is 0.186. The zero-order chi connectivity index (χ0) is 8.20. The van der Waals surface area contributed by atoms with Gasteiger partial charge in [0.05, 0.1) is 6.61 Å². The number of hydrogen-bond donors (Lipinski definition) is 1. The highest BCUT2D eigenvalue weighted by Gasteiger charge is 1.98. The monoisotopic (exact) mass is 185 g/mol. The first-order valence-corrected chi connectivity index (χ1v) is 5.05. The topological polar surface area (TPSA) is 49.8 Å². The molecule has 4 nitrogen and oxygen atoms in total. The molecule has 1 atom stereocenters. The second-order valence-electron chi connectivity index (χ2n) is 2.05. The van der Waals surface area contributed by atoms with E-state index >= 15 is 0 Å². The molecule has 0 aromatic heterocycles. The molecule has 0 fully saturated rings. The molecule has 0 spiro atoms.